The van der Waals surface area contributed by atoms with Crippen molar-refractivity contribution in [3.63, 3.8) is 0 Å². The molecule has 1 aromatic heterocycles. The van der Waals surface area contributed by atoms with Gasteiger partial charge in [0.2, 0.25) is 11.5 Å². The molecule has 1 aromatic carbocycles. The van der Waals surface area contributed by atoms with Crippen LogP contribution < -0.4 is 16.2 Å². The van der Waals surface area contributed by atoms with Crippen LogP contribution in [0.25, 0.3) is 0 Å². The number of hydrogen-bond donors (Lipinski definition) is 2. The van der Waals surface area contributed by atoms with Crippen LogP contribution in [0, 0.1) is 0 Å². The van der Waals surface area contributed by atoms with E-state index < -0.39 is 0 Å². The lowest BCUT2D eigenvalue weighted by atomic mass is 10.0. The highest BCUT2D eigenvalue weighted by Gasteiger charge is 2.29. The van der Waals surface area contributed by atoms with Crippen molar-refractivity contribution in [2.45, 2.75) is 25.4 Å². The highest BCUT2D eigenvalue weighted by molar-refractivity contribution is 5.99. The van der Waals surface area contributed by atoms with Crippen LogP contribution in [0.15, 0.2) is 53.5 Å². The minimum atomic E-state index is -0.273. The molecule has 2 amide bonds. The van der Waals surface area contributed by atoms with Gasteiger partial charge in [-0.1, -0.05) is 24.3 Å². The molecule has 1 aliphatic heterocycles. The van der Waals surface area contributed by atoms with Crippen LogP contribution in [0.5, 0.6) is 0 Å². The number of benzene rings is 1. The van der Waals surface area contributed by atoms with E-state index in [9.17, 15) is 14.4 Å². The Bertz CT molecular complexity index is 813. The molecule has 6 heteroatoms. The zero-order chi connectivity index (χ0) is 16.9. The second-order valence-electron chi connectivity index (χ2n) is 5.75. The Morgan fingerprint density at radius 3 is 2.75 bits per heavy atom. The molecular weight excluding hydrogens is 306 g/mol. The van der Waals surface area contributed by atoms with Crippen LogP contribution in [0.4, 0.5) is 0 Å². The highest BCUT2D eigenvalue weighted by Crippen LogP contribution is 2.27. The van der Waals surface area contributed by atoms with Gasteiger partial charge in [0.15, 0.2) is 0 Å². The van der Waals surface area contributed by atoms with Gasteiger partial charge in [0.25, 0.3) is 5.91 Å². The number of fused-ring (bicyclic) bond motifs is 1. The molecule has 0 bridgehead atoms. The fourth-order valence-electron chi connectivity index (χ4n) is 2.86. The van der Waals surface area contributed by atoms with Gasteiger partial charge in [-0.3, -0.25) is 14.4 Å². The van der Waals surface area contributed by atoms with Crippen molar-refractivity contribution in [2.24, 2.45) is 0 Å². The van der Waals surface area contributed by atoms with Crippen molar-refractivity contribution in [2.75, 3.05) is 6.54 Å². The molecule has 0 unspecified atom stereocenters. The maximum Gasteiger partial charge on any atom is 0.252 e. The molecule has 0 saturated carbocycles. The molecule has 124 valence electrons. The first-order chi connectivity index (χ1) is 11.6. The number of pyridine rings is 1. The summed E-state index contributed by atoms with van der Waals surface area (Å²) in [6, 6.07) is 12.1. The van der Waals surface area contributed by atoms with Gasteiger partial charge < -0.3 is 15.2 Å². The van der Waals surface area contributed by atoms with Crippen molar-refractivity contribution in [1.29, 1.82) is 0 Å². The summed E-state index contributed by atoms with van der Waals surface area (Å²) < 4.78 is 1.61. The fourth-order valence-corrected chi connectivity index (χ4v) is 2.86. The number of nitrogens with zero attached hydrogens (tertiary/aromatic N) is 1. The lowest BCUT2D eigenvalue weighted by Crippen LogP contribution is -2.30. The minimum absolute atomic E-state index is 0.0471. The van der Waals surface area contributed by atoms with E-state index in [2.05, 4.69) is 10.6 Å². The first-order valence-corrected chi connectivity index (χ1v) is 7.97. The normalized spacial score (nSPS) is 15.7. The van der Waals surface area contributed by atoms with Gasteiger partial charge in [0, 0.05) is 30.9 Å². The molecule has 2 N–H and O–H groups in total. The van der Waals surface area contributed by atoms with Gasteiger partial charge in [-0.25, -0.2) is 0 Å². The monoisotopic (exact) mass is 325 g/mol. The number of rotatable bonds is 6. The van der Waals surface area contributed by atoms with Gasteiger partial charge in [0.1, 0.15) is 0 Å². The molecule has 24 heavy (non-hydrogen) atoms. The summed E-state index contributed by atoms with van der Waals surface area (Å²) in [7, 11) is 0. The molecule has 6 nitrogen and oxygen atoms in total. The van der Waals surface area contributed by atoms with Crippen LogP contribution in [0.2, 0.25) is 0 Å². The van der Waals surface area contributed by atoms with Crippen LogP contribution >= 0.6 is 0 Å². The molecule has 0 radical (unpaired) electrons. The van der Waals surface area contributed by atoms with E-state index in [-0.39, 0.29) is 29.8 Å². The smallest absolute Gasteiger partial charge is 0.252 e. The largest absolute Gasteiger partial charge is 0.356 e. The van der Waals surface area contributed by atoms with E-state index in [1.807, 2.05) is 18.2 Å². The average molecular weight is 325 g/mol. The van der Waals surface area contributed by atoms with Crippen molar-refractivity contribution in [3.05, 3.63) is 70.1 Å². The Balaban J connectivity index is 1.46. The maximum atomic E-state index is 12.1. The number of amides is 2. The van der Waals surface area contributed by atoms with Gasteiger partial charge >= 0.3 is 0 Å². The molecule has 0 fully saturated rings. The van der Waals surface area contributed by atoms with E-state index >= 15 is 0 Å². The van der Waals surface area contributed by atoms with E-state index in [0.717, 1.165) is 5.56 Å². The minimum Gasteiger partial charge on any atom is -0.356 e. The van der Waals surface area contributed by atoms with Crippen molar-refractivity contribution in [3.8, 4) is 0 Å². The van der Waals surface area contributed by atoms with Crippen LogP contribution in [0.3, 0.4) is 0 Å². The van der Waals surface area contributed by atoms with E-state index in [0.29, 0.717) is 25.1 Å². The van der Waals surface area contributed by atoms with Crippen LogP contribution in [-0.4, -0.2) is 22.9 Å². The second kappa shape index (κ2) is 7.12. The zero-order valence-corrected chi connectivity index (χ0v) is 13.2. The number of aromatic nitrogens is 1. The second-order valence-corrected chi connectivity index (χ2v) is 5.75. The van der Waals surface area contributed by atoms with Crippen LogP contribution in [-0.2, 0) is 11.3 Å². The first-order valence-electron chi connectivity index (χ1n) is 7.97. The molecule has 2 heterocycles. The zero-order valence-electron chi connectivity index (χ0n) is 13.2. The van der Waals surface area contributed by atoms with Gasteiger partial charge in [-0.15, -0.1) is 0 Å². The standard InChI is InChI=1S/C18H19N3O3/c22-16(19-9-5-11-21-10-4-3-8-17(21)23)12-15-13-6-1-2-7-14(13)18(24)20-15/h1-4,6-8,10,15H,5,9,11-12H2,(H,19,22)(H,20,24)/t15-/m1/s1. The van der Waals surface area contributed by atoms with E-state index in [4.69, 9.17) is 0 Å². The SMILES string of the molecule is O=C(C[C@H]1NC(=O)c2ccccc21)NCCCn1ccccc1=O. The molecule has 0 spiro atoms. The van der Waals surface area contributed by atoms with E-state index in [1.54, 1.807) is 29.0 Å². The average Bonchev–Trinajstić information content (AvgIpc) is 2.89. The third kappa shape index (κ3) is 3.53. The van der Waals surface area contributed by atoms with Crippen molar-refractivity contribution < 1.29 is 9.59 Å². The van der Waals surface area contributed by atoms with Crippen molar-refractivity contribution in [1.82, 2.24) is 15.2 Å². The maximum absolute atomic E-state index is 12.1. The number of aryl methyl sites for hydroxylation is 1. The lowest BCUT2D eigenvalue weighted by Gasteiger charge is -2.12. The Kier molecular flexibility index (Phi) is 4.74. The highest BCUT2D eigenvalue weighted by atomic mass is 16.2. The number of carbonyl (C=O) groups excluding carboxylic acids is 2. The molecule has 0 saturated heterocycles. The number of carbonyl (C=O) groups is 2. The van der Waals surface area contributed by atoms with Crippen molar-refractivity contribution >= 4 is 11.8 Å². The topological polar surface area (TPSA) is 80.2 Å². The Hall–Kier alpha value is -2.89. The third-order valence-corrected chi connectivity index (χ3v) is 4.07. The molecular formula is C18H19N3O3. The Labute approximate surface area is 139 Å². The quantitative estimate of drug-likeness (QED) is 0.784. The Morgan fingerprint density at radius 2 is 1.92 bits per heavy atom. The van der Waals surface area contributed by atoms with Crippen LogP contribution in [0.1, 0.15) is 34.8 Å². The summed E-state index contributed by atoms with van der Waals surface area (Å²) in [6.45, 7) is 1.05. The van der Waals surface area contributed by atoms with E-state index in [1.165, 1.54) is 6.07 Å². The molecule has 2 aromatic rings. The predicted molar refractivity (Wildman–Crippen MR) is 89.6 cm³/mol. The Morgan fingerprint density at radius 1 is 1.12 bits per heavy atom. The van der Waals surface area contributed by atoms with Gasteiger partial charge in [0.05, 0.1) is 12.5 Å². The molecule has 1 atom stereocenters. The molecule has 3 rings (SSSR count). The van der Waals surface area contributed by atoms with Gasteiger partial charge in [-0.05, 0) is 24.1 Å². The third-order valence-electron chi connectivity index (χ3n) is 4.07. The summed E-state index contributed by atoms with van der Waals surface area (Å²) in [6.07, 6.45) is 2.62. The first kappa shape index (κ1) is 16.0. The summed E-state index contributed by atoms with van der Waals surface area (Å²) >= 11 is 0. The number of nitrogens with one attached hydrogen (secondary N) is 2. The lowest BCUT2D eigenvalue weighted by molar-refractivity contribution is -0.121. The molecule has 0 aliphatic carbocycles. The summed E-state index contributed by atoms with van der Waals surface area (Å²) in [5.74, 6) is -0.246. The predicted octanol–water partition coefficient (Wildman–Crippen LogP) is 1.23. The summed E-state index contributed by atoms with van der Waals surface area (Å²) in [5, 5.41) is 5.67. The molecule has 1 aliphatic rings. The van der Waals surface area contributed by atoms with Gasteiger partial charge in [-0.2, -0.15) is 0 Å². The summed E-state index contributed by atoms with van der Waals surface area (Å²) in [5.41, 5.74) is 1.46. The number of hydrogen-bond acceptors (Lipinski definition) is 3. The fraction of sp³-hybridized carbons (Fsp3) is 0.278. The summed E-state index contributed by atoms with van der Waals surface area (Å²) in [4.78, 5) is 35.5.